The van der Waals surface area contributed by atoms with E-state index in [0.29, 0.717) is 10.7 Å². The Morgan fingerprint density at radius 2 is 1.74 bits per heavy atom. The number of ether oxygens (including phenoxy) is 1. The van der Waals surface area contributed by atoms with Crippen LogP contribution in [0.3, 0.4) is 0 Å². The average Bonchev–Trinajstić information content (AvgIpc) is 2.56. The molecule has 1 amide bonds. The highest BCUT2D eigenvalue weighted by atomic mass is 35.5. The average molecular weight is 330 g/mol. The zero-order valence-electron chi connectivity index (χ0n) is 12.5. The topological polar surface area (TPSA) is 55.4 Å². The summed E-state index contributed by atoms with van der Waals surface area (Å²) in [4.78, 5) is 23.7. The molecule has 0 aliphatic rings. The van der Waals surface area contributed by atoms with E-state index in [1.165, 1.54) is 13.0 Å². The van der Waals surface area contributed by atoms with Crippen molar-refractivity contribution in [3.63, 3.8) is 0 Å². The van der Waals surface area contributed by atoms with Gasteiger partial charge in [0.1, 0.15) is 0 Å². The lowest BCUT2D eigenvalue weighted by Crippen LogP contribution is -2.29. The predicted octanol–water partition coefficient (Wildman–Crippen LogP) is 3.92. The molecule has 2 rings (SSSR count). The van der Waals surface area contributed by atoms with Crippen molar-refractivity contribution in [1.82, 2.24) is 0 Å². The number of carbonyl (C=O) groups excluding carboxylic acids is 2. The molecule has 4 nitrogen and oxygen atoms in total. The third-order valence-electron chi connectivity index (χ3n) is 2.99. The van der Waals surface area contributed by atoms with Crippen molar-refractivity contribution in [2.45, 2.75) is 13.0 Å². The number of carbonyl (C=O) groups is 2. The second-order valence-corrected chi connectivity index (χ2v) is 5.26. The fourth-order valence-corrected chi connectivity index (χ4v) is 1.90. The van der Waals surface area contributed by atoms with Crippen LogP contribution in [0.2, 0.25) is 5.02 Å². The summed E-state index contributed by atoms with van der Waals surface area (Å²) in [7, 11) is 0. The van der Waals surface area contributed by atoms with E-state index in [4.69, 9.17) is 16.3 Å². The van der Waals surface area contributed by atoms with Crippen LogP contribution in [0.25, 0.3) is 6.08 Å². The second-order valence-electron chi connectivity index (χ2n) is 4.82. The molecule has 0 radical (unpaired) electrons. The fraction of sp³-hybridized carbons (Fsp3) is 0.111. The highest BCUT2D eigenvalue weighted by molar-refractivity contribution is 6.30. The van der Waals surface area contributed by atoms with E-state index in [1.807, 2.05) is 30.3 Å². The van der Waals surface area contributed by atoms with Gasteiger partial charge in [0.15, 0.2) is 6.10 Å². The van der Waals surface area contributed by atoms with E-state index >= 15 is 0 Å². The zero-order valence-corrected chi connectivity index (χ0v) is 13.3. The maximum absolute atomic E-state index is 12.0. The molecule has 0 saturated heterocycles. The molecule has 0 aliphatic carbocycles. The Morgan fingerprint density at radius 3 is 2.39 bits per heavy atom. The summed E-state index contributed by atoms with van der Waals surface area (Å²) in [6.07, 6.45) is 2.02. The summed E-state index contributed by atoms with van der Waals surface area (Å²) in [5.74, 6) is -0.985. The molecule has 2 aromatic carbocycles. The minimum atomic E-state index is -0.904. The number of esters is 1. The number of anilines is 1. The van der Waals surface area contributed by atoms with Gasteiger partial charge in [0.25, 0.3) is 5.91 Å². The molecule has 1 atom stereocenters. The first kappa shape index (κ1) is 16.8. The molecule has 1 N–H and O–H groups in total. The first-order chi connectivity index (χ1) is 11.0. The van der Waals surface area contributed by atoms with E-state index in [1.54, 1.807) is 30.3 Å². The number of rotatable bonds is 5. The molecule has 0 saturated carbocycles. The van der Waals surface area contributed by atoms with Crippen molar-refractivity contribution in [3.05, 3.63) is 71.3 Å². The first-order valence-corrected chi connectivity index (χ1v) is 7.42. The summed E-state index contributed by atoms with van der Waals surface area (Å²) in [6, 6.07) is 16.0. The molecule has 0 fully saturated rings. The van der Waals surface area contributed by atoms with Gasteiger partial charge in [-0.15, -0.1) is 0 Å². The van der Waals surface area contributed by atoms with Crippen LogP contribution in [0.15, 0.2) is 60.7 Å². The molecule has 0 unspecified atom stereocenters. The van der Waals surface area contributed by atoms with Crippen molar-refractivity contribution in [2.24, 2.45) is 0 Å². The summed E-state index contributed by atoms with van der Waals surface area (Å²) in [5, 5.41) is 3.23. The molecule has 2 aromatic rings. The largest absolute Gasteiger partial charge is 0.449 e. The smallest absolute Gasteiger partial charge is 0.331 e. The maximum atomic E-state index is 12.0. The van der Waals surface area contributed by atoms with Gasteiger partial charge in [0, 0.05) is 16.8 Å². The van der Waals surface area contributed by atoms with Gasteiger partial charge in [-0.05, 0) is 42.8 Å². The highest BCUT2D eigenvalue weighted by Crippen LogP contribution is 2.14. The number of amides is 1. The molecule has 0 bridgehead atoms. The van der Waals surface area contributed by atoms with Gasteiger partial charge in [0.05, 0.1) is 0 Å². The van der Waals surface area contributed by atoms with Crippen LogP contribution in [0.5, 0.6) is 0 Å². The second kappa shape index (κ2) is 8.15. The SMILES string of the molecule is C[C@@H](OC(=O)/C=C/c1ccccc1)C(=O)Nc1ccc(Cl)cc1. The lowest BCUT2D eigenvalue weighted by molar-refractivity contribution is -0.148. The van der Waals surface area contributed by atoms with Crippen molar-refractivity contribution in [2.75, 3.05) is 5.32 Å². The number of nitrogens with one attached hydrogen (secondary N) is 1. The summed E-state index contributed by atoms with van der Waals surface area (Å²) in [5.41, 5.74) is 1.46. The Hall–Kier alpha value is -2.59. The van der Waals surface area contributed by atoms with Gasteiger partial charge in [-0.3, -0.25) is 4.79 Å². The zero-order chi connectivity index (χ0) is 16.7. The van der Waals surface area contributed by atoms with Crippen molar-refractivity contribution < 1.29 is 14.3 Å². The van der Waals surface area contributed by atoms with Crippen molar-refractivity contribution >= 4 is 35.2 Å². The summed E-state index contributed by atoms with van der Waals surface area (Å²) < 4.78 is 5.07. The molecule has 5 heteroatoms. The Bertz CT molecular complexity index is 696. The number of hydrogen-bond acceptors (Lipinski definition) is 3. The van der Waals surface area contributed by atoms with Crippen LogP contribution in [0, 0.1) is 0 Å². The van der Waals surface area contributed by atoms with E-state index in [-0.39, 0.29) is 0 Å². The number of halogens is 1. The van der Waals surface area contributed by atoms with Gasteiger partial charge in [-0.25, -0.2) is 4.79 Å². The standard InChI is InChI=1S/C18H16ClNO3/c1-13(18(22)20-16-10-8-15(19)9-11-16)23-17(21)12-7-14-5-3-2-4-6-14/h2-13H,1H3,(H,20,22)/b12-7+/t13-/m1/s1. The van der Waals surface area contributed by atoms with Crippen LogP contribution in [0.1, 0.15) is 12.5 Å². The first-order valence-electron chi connectivity index (χ1n) is 7.05. The molecule has 118 valence electrons. The Morgan fingerprint density at radius 1 is 1.09 bits per heavy atom. The molecular weight excluding hydrogens is 314 g/mol. The molecule has 0 heterocycles. The van der Waals surface area contributed by atoms with E-state index in [9.17, 15) is 9.59 Å². The minimum Gasteiger partial charge on any atom is -0.449 e. The predicted molar refractivity (Wildman–Crippen MR) is 91.1 cm³/mol. The molecule has 23 heavy (non-hydrogen) atoms. The van der Waals surface area contributed by atoms with Crippen LogP contribution in [-0.4, -0.2) is 18.0 Å². The Kier molecular flexibility index (Phi) is 5.94. The third-order valence-corrected chi connectivity index (χ3v) is 3.24. The maximum Gasteiger partial charge on any atom is 0.331 e. The van der Waals surface area contributed by atoms with Crippen LogP contribution < -0.4 is 5.32 Å². The van der Waals surface area contributed by atoms with Crippen molar-refractivity contribution in [3.8, 4) is 0 Å². The highest BCUT2D eigenvalue weighted by Gasteiger charge is 2.16. The van der Waals surface area contributed by atoms with Gasteiger partial charge in [-0.1, -0.05) is 41.9 Å². The van der Waals surface area contributed by atoms with Crippen LogP contribution in [0.4, 0.5) is 5.69 Å². The van der Waals surface area contributed by atoms with Crippen LogP contribution in [-0.2, 0) is 14.3 Å². The van der Waals surface area contributed by atoms with Gasteiger partial charge < -0.3 is 10.1 Å². The van der Waals surface area contributed by atoms with Gasteiger partial charge in [-0.2, -0.15) is 0 Å². The lowest BCUT2D eigenvalue weighted by atomic mass is 10.2. The minimum absolute atomic E-state index is 0.409. The Balaban J connectivity index is 1.86. The molecular formula is C18H16ClNO3. The molecule has 0 aromatic heterocycles. The van der Waals surface area contributed by atoms with Crippen LogP contribution >= 0.6 is 11.6 Å². The van der Waals surface area contributed by atoms with Gasteiger partial charge in [0.2, 0.25) is 0 Å². The summed E-state index contributed by atoms with van der Waals surface area (Å²) in [6.45, 7) is 1.51. The van der Waals surface area contributed by atoms with E-state index in [2.05, 4.69) is 5.32 Å². The van der Waals surface area contributed by atoms with E-state index in [0.717, 1.165) is 5.56 Å². The lowest BCUT2D eigenvalue weighted by Gasteiger charge is -2.12. The Labute approximate surface area is 139 Å². The third kappa shape index (κ3) is 5.60. The summed E-state index contributed by atoms with van der Waals surface area (Å²) >= 11 is 5.78. The fourth-order valence-electron chi connectivity index (χ4n) is 1.77. The van der Waals surface area contributed by atoms with Crippen molar-refractivity contribution in [1.29, 1.82) is 0 Å². The molecule has 0 aliphatic heterocycles. The normalized spacial score (nSPS) is 11.9. The van der Waals surface area contributed by atoms with E-state index < -0.39 is 18.0 Å². The number of hydrogen-bond donors (Lipinski definition) is 1. The monoisotopic (exact) mass is 329 g/mol. The quantitative estimate of drug-likeness (QED) is 0.668. The number of benzene rings is 2. The van der Waals surface area contributed by atoms with Gasteiger partial charge >= 0.3 is 5.97 Å². The molecule has 0 spiro atoms.